The molecule has 2 heterocycles. The van der Waals surface area contributed by atoms with Crippen molar-refractivity contribution < 1.29 is 8.42 Å². The van der Waals surface area contributed by atoms with Gasteiger partial charge in [0.15, 0.2) is 0 Å². The number of aryl methyl sites for hydroxylation is 1. The largest absolute Gasteiger partial charge is 0.302 e. The average molecular weight is 423 g/mol. The maximum Gasteiger partial charge on any atom is 0.244 e. The molecule has 25 heavy (non-hydrogen) atoms. The second-order valence-electron chi connectivity index (χ2n) is 6.74. The molecule has 1 atom stereocenters. The third kappa shape index (κ3) is 4.47. The summed E-state index contributed by atoms with van der Waals surface area (Å²) in [5.41, 5.74) is 0.727. The maximum atomic E-state index is 13.4. The fourth-order valence-corrected chi connectivity index (χ4v) is 7.10. The van der Waals surface area contributed by atoms with Crippen LogP contribution in [0, 0.1) is 6.92 Å². The Bertz CT molecular complexity index is 722. The van der Waals surface area contributed by atoms with Crippen molar-refractivity contribution in [1.29, 1.82) is 0 Å². The predicted octanol–water partition coefficient (Wildman–Crippen LogP) is 3.89. The first-order valence-corrected chi connectivity index (χ1v) is 12.0. The van der Waals surface area contributed by atoms with E-state index in [4.69, 9.17) is 23.2 Å². The molecule has 0 aromatic heterocycles. The predicted molar refractivity (Wildman–Crippen MR) is 106 cm³/mol. The van der Waals surface area contributed by atoms with E-state index in [2.05, 4.69) is 4.90 Å². The van der Waals surface area contributed by atoms with E-state index in [1.54, 1.807) is 17.3 Å². The van der Waals surface area contributed by atoms with Gasteiger partial charge in [-0.15, -0.1) is 0 Å². The van der Waals surface area contributed by atoms with Gasteiger partial charge in [-0.25, -0.2) is 8.42 Å². The van der Waals surface area contributed by atoms with E-state index in [9.17, 15) is 8.42 Å². The van der Waals surface area contributed by atoms with Gasteiger partial charge in [-0.3, -0.25) is 0 Å². The summed E-state index contributed by atoms with van der Waals surface area (Å²) < 4.78 is 28.4. The van der Waals surface area contributed by atoms with Crippen molar-refractivity contribution in [1.82, 2.24) is 9.21 Å². The zero-order valence-electron chi connectivity index (χ0n) is 14.4. The summed E-state index contributed by atoms with van der Waals surface area (Å²) in [6.45, 7) is 5.28. The van der Waals surface area contributed by atoms with Crippen LogP contribution in [0.2, 0.25) is 10.0 Å². The van der Waals surface area contributed by atoms with Gasteiger partial charge in [0.05, 0.1) is 5.02 Å². The minimum Gasteiger partial charge on any atom is -0.302 e. The molecule has 0 aliphatic carbocycles. The summed E-state index contributed by atoms with van der Waals surface area (Å²) in [5, 5.41) is 0.691. The van der Waals surface area contributed by atoms with E-state index < -0.39 is 10.0 Å². The van der Waals surface area contributed by atoms with Crippen LogP contribution in [0.4, 0.5) is 0 Å². The zero-order chi connectivity index (χ0) is 18.0. The van der Waals surface area contributed by atoms with E-state index in [0.29, 0.717) is 11.6 Å². The van der Waals surface area contributed by atoms with Gasteiger partial charge >= 0.3 is 0 Å². The number of hydrogen-bond acceptors (Lipinski definition) is 4. The van der Waals surface area contributed by atoms with Crippen LogP contribution in [0.5, 0.6) is 0 Å². The standard InChI is InChI=1S/C17H24Cl2N2O2S2/c1-13-9-17(16(19)10-15(13)18)25(22,23)21-7-4-8-24-12-14(21)11-20-5-2-3-6-20/h9-10,14H,2-8,11-12H2,1H3. The number of halogens is 2. The molecule has 0 spiro atoms. The van der Waals surface area contributed by atoms with Gasteiger partial charge in [-0.05, 0) is 62.7 Å². The number of nitrogens with zero attached hydrogens (tertiary/aromatic N) is 2. The van der Waals surface area contributed by atoms with Gasteiger partial charge in [-0.1, -0.05) is 23.2 Å². The average Bonchev–Trinajstić information content (AvgIpc) is 2.94. The van der Waals surface area contributed by atoms with E-state index in [0.717, 1.165) is 43.1 Å². The van der Waals surface area contributed by atoms with Crippen LogP contribution in [-0.2, 0) is 10.0 Å². The van der Waals surface area contributed by atoms with Crippen molar-refractivity contribution in [2.75, 3.05) is 37.7 Å². The number of thioether (sulfide) groups is 1. The molecule has 0 radical (unpaired) electrons. The van der Waals surface area contributed by atoms with Gasteiger partial charge in [0.1, 0.15) is 4.90 Å². The third-order valence-corrected chi connectivity index (χ3v) is 8.87. The summed E-state index contributed by atoms with van der Waals surface area (Å²) in [7, 11) is -3.64. The van der Waals surface area contributed by atoms with Gasteiger partial charge < -0.3 is 4.90 Å². The molecule has 1 aromatic carbocycles. The molecular formula is C17H24Cl2N2O2S2. The molecule has 2 saturated heterocycles. The lowest BCUT2D eigenvalue weighted by molar-refractivity contribution is 0.243. The number of likely N-dealkylation sites (tertiary alicyclic amines) is 1. The molecule has 1 unspecified atom stereocenters. The second kappa shape index (κ2) is 8.36. The van der Waals surface area contributed by atoms with Gasteiger partial charge in [-0.2, -0.15) is 16.1 Å². The van der Waals surface area contributed by atoms with Crippen molar-refractivity contribution in [3.05, 3.63) is 27.7 Å². The Morgan fingerprint density at radius 2 is 1.84 bits per heavy atom. The fraction of sp³-hybridized carbons (Fsp3) is 0.647. The van der Waals surface area contributed by atoms with E-state index >= 15 is 0 Å². The Kier molecular flexibility index (Phi) is 6.61. The number of rotatable bonds is 4. The Morgan fingerprint density at radius 1 is 1.12 bits per heavy atom. The molecule has 0 amide bonds. The molecule has 8 heteroatoms. The van der Waals surface area contributed by atoms with Crippen LogP contribution in [0.25, 0.3) is 0 Å². The monoisotopic (exact) mass is 422 g/mol. The van der Waals surface area contributed by atoms with Crippen molar-refractivity contribution in [2.24, 2.45) is 0 Å². The normalized spacial score (nSPS) is 23.7. The Labute approximate surface area is 164 Å². The zero-order valence-corrected chi connectivity index (χ0v) is 17.5. The molecule has 0 saturated carbocycles. The highest BCUT2D eigenvalue weighted by Gasteiger charge is 2.35. The van der Waals surface area contributed by atoms with Crippen LogP contribution in [0.15, 0.2) is 17.0 Å². The lowest BCUT2D eigenvalue weighted by atomic mass is 10.2. The van der Waals surface area contributed by atoms with Crippen molar-refractivity contribution >= 4 is 45.0 Å². The highest BCUT2D eigenvalue weighted by Crippen LogP contribution is 2.32. The molecular weight excluding hydrogens is 399 g/mol. The lowest BCUT2D eigenvalue weighted by Crippen LogP contribution is -2.47. The van der Waals surface area contributed by atoms with Crippen LogP contribution in [0.3, 0.4) is 0 Å². The van der Waals surface area contributed by atoms with Crippen LogP contribution < -0.4 is 0 Å². The summed E-state index contributed by atoms with van der Waals surface area (Å²) in [4.78, 5) is 2.56. The highest BCUT2D eigenvalue weighted by atomic mass is 35.5. The maximum absolute atomic E-state index is 13.4. The molecule has 2 aliphatic heterocycles. The SMILES string of the molecule is Cc1cc(S(=O)(=O)N2CCCSCC2CN2CCCC2)c(Cl)cc1Cl. The fourth-order valence-electron chi connectivity index (χ4n) is 3.49. The summed E-state index contributed by atoms with van der Waals surface area (Å²) in [5.74, 6) is 1.83. The van der Waals surface area contributed by atoms with E-state index in [1.807, 2.05) is 11.8 Å². The molecule has 2 aliphatic rings. The topological polar surface area (TPSA) is 40.6 Å². The van der Waals surface area contributed by atoms with Crippen LogP contribution >= 0.6 is 35.0 Å². The van der Waals surface area contributed by atoms with Gasteiger partial charge in [0.2, 0.25) is 10.0 Å². The smallest absolute Gasteiger partial charge is 0.244 e. The molecule has 2 fully saturated rings. The lowest BCUT2D eigenvalue weighted by Gasteiger charge is -2.32. The molecule has 140 valence electrons. The highest BCUT2D eigenvalue weighted by molar-refractivity contribution is 7.99. The first kappa shape index (κ1) is 19.8. The summed E-state index contributed by atoms with van der Waals surface area (Å²) in [6.07, 6.45) is 3.27. The molecule has 0 N–H and O–H groups in total. The van der Waals surface area contributed by atoms with Crippen molar-refractivity contribution in [2.45, 2.75) is 37.1 Å². The van der Waals surface area contributed by atoms with Crippen molar-refractivity contribution in [3.8, 4) is 0 Å². The van der Waals surface area contributed by atoms with E-state index in [1.165, 1.54) is 18.9 Å². The number of hydrogen-bond donors (Lipinski definition) is 0. The Balaban J connectivity index is 1.92. The first-order valence-electron chi connectivity index (χ1n) is 8.67. The minimum atomic E-state index is -3.64. The minimum absolute atomic E-state index is 0.0114. The first-order chi connectivity index (χ1) is 11.9. The van der Waals surface area contributed by atoms with Crippen LogP contribution in [-0.4, -0.2) is 61.3 Å². The van der Waals surface area contributed by atoms with Crippen molar-refractivity contribution in [3.63, 3.8) is 0 Å². The Hall–Kier alpha value is 0.0200. The number of sulfonamides is 1. The molecule has 1 aromatic rings. The quantitative estimate of drug-likeness (QED) is 0.737. The molecule has 3 rings (SSSR count). The van der Waals surface area contributed by atoms with Gasteiger partial charge in [0.25, 0.3) is 0 Å². The molecule has 4 nitrogen and oxygen atoms in total. The summed E-state index contributed by atoms with van der Waals surface area (Å²) in [6, 6.07) is 3.13. The van der Waals surface area contributed by atoms with E-state index in [-0.39, 0.29) is 16.0 Å². The summed E-state index contributed by atoms with van der Waals surface area (Å²) >= 11 is 14.2. The number of benzene rings is 1. The van der Waals surface area contributed by atoms with Gasteiger partial charge in [0, 0.05) is 29.9 Å². The second-order valence-corrected chi connectivity index (χ2v) is 10.6. The van der Waals surface area contributed by atoms with Crippen LogP contribution in [0.1, 0.15) is 24.8 Å². The Morgan fingerprint density at radius 3 is 2.56 bits per heavy atom. The third-order valence-electron chi connectivity index (χ3n) is 4.85. The molecule has 0 bridgehead atoms.